The summed E-state index contributed by atoms with van der Waals surface area (Å²) in [7, 11) is 0. The zero-order valence-electron chi connectivity index (χ0n) is 48.5. The van der Waals surface area contributed by atoms with Crippen LogP contribution in [0.25, 0.3) is 0 Å². The Labute approximate surface area is 445 Å². The maximum absolute atomic E-state index is 12.5. The van der Waals surface area contributed by atoms with E-state index in [1.165, 1.54) is 308 Å². The number of ether oxygens (including phenoxy) is 1. The second kappa shape index (κ2) is 61.4. The number of carbonyl (C=O) groups excluding carboxylic acids is 2. The third kappa shape index (κ3) is 58.0. The second-order valence-corrected chi connectivity index (χ2v) is 22.8. The van der Waals surface area contributed by atoms with E-state index in [1.54, 1.807) is 0 Å². The minimum atomic E-state index is -0.661. The number of esters is 1. The molecule has 0 aliphatic heterocycles. The molecule has 0 aromatic heterocycles. The van der Waals surface area contributed by atoms with Crippen molar-refractivity contribution in [1.82, 2.24) is 5.32 Å². The van der Waals surface area contributed by atoms with E-state index >= 15 is 0 Å². The number of rotatable bonds is 62. The average Bonchev–Trinajstić information content (AvgIpc) is 3.37. The van der Waals surface area contributed by atoms with E-state index < -0.39 is 12.1 Å². The molecule has 0 aromatic rings. The predicted molar refractivity (Wildman–Crippen MR) is 310 cm³/mol. The molecular weight excluding hydrogens is 875 g/mol. The molecule has 0 aliphatic carbocycles. The average molecular weight is 1000 g/mol. The van der Waals surface area contributed by atoms with E-state index in [2.05, 4.69) is 19.2 Å². The molecule has 0 aromatic carbocycles. The summed E-state index contributed by atoms with van der Waals surface area (Å²) < 4.78 is 5.51. The molecule has 0 rings (SSSR count). The SMILES string of the molecule is CCCCCCCCCCCCCCCCCCCCC(=O)OCCCCCCCCCCCCCCCCCCCCCCCCCCC(=O)NC(CO)C(O)CCCCCCCCCCCCCC. The van der Waals surface area contributed by atoms with Crippen molar-refractivity contribution in [2.75, 3.05) is 13.2 Å². The van der Waals surface area contributed by atoms with Crippen LogP contribution >= 0.6 is 0 Å². The predicted octanol–water partition coefficient (Wildman–Crippen LogP) is 20.6. The Kier molecular flexibility index (Phi) is 60.4. The van der Waals surface area contributed by atoms with Crippen LogP contribution in [0.3, 0.4) is 0 Å². The van der Waals surface area contributed by atoms with Gasteiger partial charge in [-0.05, 0) is 25.7 Å². The molecule has 0 heterocycles. The van der Waals surface area contributed by atoms with E-state index in [0.29, 0.717) is 25.9 Å². The van der Waals surface area contributed by atoms with Crippen molar-refractivity contribution in [3.63, 3.8) is 0 Å². The summed E-state index contributed by atoms with van der Waals surface area (Å²) in [4.78, 5) is 24.6. The van der Waals surface area contributed by atoms with Gasteiger partial charge in [0.05, 0.1) is 25.4 Å². The third-order valence-electron chi connectivity index (χ3n) is 15.7. The quantitative estimate of drug-likeness (QED) is 0.0417. The van der Waals surface area contributed by atoms with E-state index in [0.717, 1.165) is 38.5 Å². The normalized spacial score (nSPS) is 12.5. The second-order valence-electron chi connectivity index (χ2n) is 22.8. The lowest BCUT2D eigenvalue weighted by atomic mass is 10.0. The van der Waals surface area contributed by atoms with E-state index in [1.807, 2.05) is 0 Å². The molecule has 3 N–H and O–H groups in total. The molecule has 2 unspecified atom stereocenters. The van der Waals surface area contributed by atoms with Crippen molar-refractivity contribution in [1.29, 1.82) is 0 Å². The Morgan fingerprint density at radius 3 is 0.859 bits per heavy atom. The number of aliphatic hydroxyl groups excluding tert-OH is 2. The van der Waals surface area contributed by atoms with Crippen LogP contribution in [0.15, 0.2) is 0 Å². The number of hydrogen-bond acceptors (Lipinski definition) is 5. The maximum Gasteiger partial charge on any atom is 0.305 e. The summed E-state index contributed by atoms with van der Waals surface area (Å²) in [6.07, 6.45) is 72.8. The fourth-order valence-corrected chi connectivity index (χ4v) is 10.6. The fourth-order valence-electron chi connectivity index (χ4n) is 10.6. The van der Waals surface area contributed by atoms with Gasteiger partial charge in [0.25, 0.3) is 0 Å². The van der Waals surface area contributed by atoms with Crippen molar-refractivity contribution < 1.29 is 24.5 Å². The van der Waals surface area contributed by atoms with Gasteiger partial charge in [-0.15, -0.1) is 0 Å². The molecule has 2 atom stereocenters. The highest BCUT2D eigenvalue weighted by Gasteiger charge is 2.20. The summed E-state index contributed by atoms with van der Waals surface area (Å²) in [5.74, 6) is -0.0109. The molecule has 71 heavy (non-hydrogen) atoms. The zero-order valence-corrected chi connectivity index (χ0v) is 48.5. The zero-order chi connectivity index (χ0) is 51.4. The van der Waals surface area contributed by atoms with E-state index in [4.69, 9.17) is 4.74 Å². The minimum absolute atomic E-state index is 0.0209. The van der Waals surface area contributed by atoms with Gasteiger partial charge in [-0.25, -0.2) is 0 Å². The van der Waals surface area contributed by atoms with Crippen LogP contribution in [0, 0.1) is 0 Å². The van der Waals surface area contributed by atoms with Crippen molar-refractivity contribution in [3.05, 3.63) is 0 Å². The van der Waals surface area contributed by atoms with Crippen LogP contribution < -0.4 is 5.32 Å². The Bertz CT molecular complexity index is 1020. The number of aliphatic hydroxyl groups is 2. The highest BCUT2D eigenvalue weighted by Crippen LogP contribution is 2.19. The van der Waals surface area contributed by atoms with Gasteiger partial charge in [0.15, 0.2) is 0 Å². The molecule has 0 aliphatic rings. The van der Waals surface area contributed by atoms with Gasteiger partial charge in [0, 0.05) is 12.8 Å². The molecule has 0 bridgehead atoms. The number of amides is 1. The fraction of sp³-hybridized carbons (Fsp3) is 0.969. The maximum atomic E-state index is 12.5. The summed E-state index contributed by atoms with van der Waals surface area (Å²) in [6, 6.07) is -0.538. The molecule has 0 radical (unpaired) electrons. The van der Waals surface area contributed by atoms with Gasteiger partial charge in [0.1, 0.15) is 0 Å². The third-order valence-corrected chi connectivity index (χ3v) is 15.7. The van der Waals surface area contributed by atoms with Gasteiger partial charge < -0.3 is 20.3 Å². The van der Waals surface area contributed by atoms with Gasteiger partial charge in [-0.1, -0.05) is 341 Å². The number of carbonyl (C=O) groups is 2. The lowest BCUT2D eigenvalue weighted by Crippen LogP contribution is -2.45. The highest BCUT2D eigenvalue weighted by atomic mass is 16.5. The Morgan fingerprint density at radius 1 is 0.338 bits per heavy atom. The lowest BCUT2D eigenvalue weighted by molar-refractivity contribution is -0.143. The standard InChI is InChI=1S/C65H129NO5/c1-3-5-7-9-11-13-15-17-18-19-29-32-35-39-43-47-51-55-59-65(70)71-60-56-52-48-44-40-36-33-30-27-25-23-21-20-22-24-26-28-31-34-38-42-46-50-54-58-64(69)66-62(61-67)63(68)57-53-49-45-41-37-16-14-12-10-8-6-4-2/h62-63,67-68H,3-61H2,1-2H3,(H,66,69). The first-order chi connectivity index (χ1) is 35.0. The molecule has 6 heteroatoms. The van der Waals surface area contributed by atoms with E-state index in [-0.39, 0.29) is 18.5 Å². The van der Waals surface area contributed by atoms with Gasteiger partial charge in [-0.3, -0.25) is 9.59 Å². The van der Waals surface area contributed by atoms with Gasteiger partial charge >= 0.3 is 5.97 Å². The lowest BCUT2D eigenvalue weighted by Gasteiger charge is -2.22. The molecule has 424 valence electrons. The molecule has 6 nitrogen and oxygen atoms in total. The smallest absolute Gasteiger partial charge is 0.305 e. The molecular formula is C65H129NO5. The topological polar surface area (TPSA) is 95.9 Å². The molecule has 0 saturated heterocycles. The first kappa shape index (κ1) is 69.9. The van der Waals surface area contributed by atoms with E-state index in [9.17, 15) is 19.8 Å². The molecule has 0 spiro atoms. The van der Waals surface area contributed by atoms with Gasteiger partial charge in [-0.2, -0.15) is 0 Å². The number of unbranched alkanes of at least 4 members (excludes halogenated alkanes) is 51. The highest BCUT2D eigenvalue weighted by molar-refractivity contribution is 5.76. The van der Waals surface area contributed by atoms with Crippen LogP contribution in [-0.4, -0.2) is 47.4 Å². The summed E-state index contributed by atoms with van der Waals surface area (Å²) in [5.41, 5.74) is 0. The van der Waals surface area contributed by atoms with Crippen molar-refractivity contribution >= 4 is 11.9 Å². The first-order valence-electron chi connectivity index (χ1n) is 32.8. The summed E-state index contributed by atoms with van der Waals surface area (Å²) >= 11 is 0. The summed E-state index contributed by atoms with van der Waals surface area (Å²) in [6.45, 7) is 4.99. The van der Waals surface area contributed by atoms with Crippen molar-refractivity contribution in [3.8, 4) is 0 Å². The van der Waals surface area contributed by atoms with Gasteiger partial charge in [0.2, 0.25) is 5.91 Å². The van der Waals surface area contributed by atoms with Crippen LogP contribution in [0.2, 0.25) is 0 Å². The Hall–Kier alpha value is -1.14. The molecule has 0 saturated carbocycles. The van der Waals surface area contributed by atoms with Crippen LogP contribution in [0.4, 0.5) is 0 Å². The first-order valence-corrected chi connectivity index (χ1v) is 32.8. The number of nitrogens with one attached hydrogen (secondary N) is 1. The number of hydrogen-bond donors (Lipinski definition) is 3. The van der Waals surface area contributed by atoms with Crippen LogP contribution in [0.1, 0.15) is 380 Å². The van der Waals surface area contributed by atoms with Crippen LogP contribution in [0.5, 0.6) is 0 Å². The molecule has 0 fully saturated rings. The largest absolute Gasteiger partial charge is 0.466 e. The van der Waals surface area contributed by atoms with Crippen LogP contribution in [-0.2, 0) is 14.3 Å². The minimum Gasteiger partial charge on any atom is -0.466 e. The Morgan fingerprint density at radius 2 is 0.577 bits per heavy atom. The summed E-state index contributed by atoms with van der Waals surface area (Å²) in [5, 5.41) is 23.2. The van der Waals surface area contributed by atoms with Crippen molar-refractivity contribution in [2.45, 2.75) is 392 Å². The molecule has 1 amide bonds. The monoisotopic (exact) mass is 1000 g/mol. The van der Waals surface area contributed by atoms with Crippen molar-refractivity contribution in [2.24, 2.45) is 0 Å². The Balaban J connectivity index is 3.32.